The van der Waals surface area contributed by atoms with E-state index in [1.807, 2.05) is 0 Å². The molecule has 8 nitrogen and oxygen atoms in total. The molecule has 0 saturated carbocycles. The summed E-state index contributed by atoms with van der Waals surface area (Å²) in [5, 5.41) is 21.6. The molecule has 2 aromatic heterocycles. The number of aromatic nitrogens is 2. The number of pyridine rings is 1. The third kappa shape index (κ3) is 4.90. The predicted octanol–water partition coefficient (Wildman–Crippen LogP) is 5.10. The van der Waals surface area contributed by atoms with E-state index >= 15 is 0 Å². The van der Waals surface area contributed by atoms with Gasteiger partial charge in [-0.25, -0.2) is 14.2 Å². The molecule has 0 aliphatic carbocycles. The molecule has 172 valence electrons. The van der Waals surface area contributed by atoms with Crippen molar-refractivity contribution in [3.05, 3.63) is 53.2 Å². The zero-order valence-corrected chi connectivity index (χ0v) is 19.7. The van der Waals surface area contributed by atoms with Gasteiger partial charge in [-0.3, -0.25) is 0 Å². The summed E-state index contributed by atoms with van der Waals surface area (Å²) >= 11 is 6.51. The normalized spacial score (nSPS) is 16.3. The van der Waals surface area contributed by atoms with Gasteiger partial charge in [-0.1, -0.05) is 23.7 Å². The number of rotatable bonds is 4. The van der Waals surface area contributed by atoms with Crippen LogP contribution in [-0.2, 0) is 4.74 Å². The lowest BCUT2D eigenvalue weighted by Crippen LogP contribution is -2.39. The van der Waals surface area contributed by atoms with Gasteiger partial charge in [0.15, 0.2) is 0 Å². The number of para-hydroxylation sites is 1. The molecule has 9 heteroatoms. The number of nitrogens with one attached hydrogen (secondary N) is 2. The van der Waals surface area contributed by atoms with E-state index in [2.05, 4.69) is 21.8 Å². The van der Waals surface area contributed by atoms with Gasteiger partial charge in [0.25, 0.3) is 0 Å². The Morgan fingerprint density at radius 2 is 2.15 bits per heavy atom. The number of hydrogen-bond acceptors (Lipinski definition) is 6. The summed E-state index contributed by atoms with van der Waals surface area (Å²) in [5.74, 6) is 0.419. The highest BCUT2D eigenvalue weighted by Gasteiger charge is 2.30. The van der Waals surface area contributed by atoms with Gasteiger partial charge in [-0.15, -0.1) is 0 Å². The highest BCUT2D eigenvalue weighted by atomic mass is 35.5. The summed E-state index contributed by atoms with van der Waals surface area (Å²) in [5.41, 5.74) is 1.42. The maximum absolute atomic E-state index is 13.4. The van der Waals surface area contributed by atoms with Crippen LogP contribution in [0.15, 0.2) is 42.6 Å². The molecule has 1 saturated heterocycles. The van der Waals surface area contributed by atoms with Crippen LogP contribution in [0.1, 0.15) is 39.2 Å². The van der Waals surface area contributed by atoms with Gasteiger partial charge in [0.05, 0.1) is 28.1 Å². The number of anilines is 3. The molecule has 1 atom stereocenters. The smallest absolute Gasteiger partial charge is 0.420 e. The quantitative estimate of drug-likeness (QED) is 0.555. The molecule has 2 N–H and O–H groups in total. The van der Waals surface area contributed by atoms with E-state index in [-0.39, 0.29) is 6.04 Å². The largest absolute Gasteiger partial charge is 0.443 e. The number of amides is 1. The minimum Gasteiger partial charge on any atom is -0.443 e. The van der Waals surface area contributed by atoms with Crippen LogP contribution in [-0.4, -0.2) is 40.4 Å². The molecule has 3 heterocycles. The SMILES string of the molecule is CC(C)(C)OC(=O)N(c1ccccc1Cl)c1cc(N[C@H]2CCCNC2)c(C#N)c2ccnn12. The molecule has 4 rings (SSSR count). The van der Waals surface area contributed by atoms with Crippen molar-refractivity contribution in [1.29, 1.82) is 5.26 Å². The standard InChI is InChI=1S/C24H27ClN6O2/c1-24(2,3)33-23(32)30(21-9-5-4-8-18(21)25)22-13-19(29-16-7-6-11-27-15-16)17(14-26)20-10-12-28-31(20)22/h4-5,8-10,12-13,16,27,29H,6-7,11,15H2,1-3H3/t16-/m0/s1. The maximum Gasteiger partial charge on any atom is 0.420 e. The van der Waals surface area contributed by atoms with Crippen LogP contribution in [0.25, 0.3) is 5.52 Å². The van der Waals surface area contributed by atoms with Crippen LogP contribution in [0.5, 0.6) is 0 Å². The van der Waals surface area contributed by atoms with Crippen molar-refractivity contribution < 1.29 is 9.53 Å². The second kappa shape index (κ2) is 9.30. The minimum absolute atomic E-state index is 0.166. The molecule has 1 aliphatic heterocycles. The Kier molecular flexibility index (Phi) is 6.45. The Labute approximate surface area is 198 Å². The fraction of sp³-hybridized carbons (Fsp3) is 0.375. The van der Waals surface area contributed by atoms with Crippen molar-refractivity contribution in [3.63, 3.8) is 0 Å². The topological polar surface area (TPSA) is 94.7 Å². The number of halogens is 1. The average Bonchev–Trinajstić information content (AvgIpc) is 3.25. The molecule has 0 unspecified atom stereocenters. The van der Waals surface area contributed by atoms with Crippen molar-refractivity contribution in [2.45, 2.75) is 45.3 Å². The number of carbonyl (C=O) groups excluding carboxylic acids is 1. The lowest BCUT2D eigenvalue weighted by atomic mass is 10.1. The summed E-state index contributed by atoms with van der Waals surface area (Å²) < 4.78 is 7.29. The molecule has 0 spiro atoms. The average molecular weight is 467 g/mol. The molecule has 0 radical (unpaired) electrons. The Morgan fingerprint density at radius 1 is 1.36 bits per heavy atom. The first kappa shape index (κ1) is 22.9. The molecule has 1 fully saturated rings. The fourth-order valence-corrected chi connectivity index (χ4v) is 4.14. The van der Waals surface area contributed by atoms with Crippen molar-refractivity contribution in [1.82, 2.24) is 14.9 Å². The van der Waals surface area contributed by atoms with E-state index in [1.54, 1.807) is 67.9 Å². The first-order valence-electron chi connectivity index (χ1n) is 10.9. The number of nitriles is 1. The Morgan fingerprint density at radius 3 is 2.82 bits per heavy atom. The van der Waals surface area contributed by atoms with Crippen molar-refractivity contribution in [3.8, 4) is 6.07 Å². The highest BCUT2D eigenvalue weighted by Crippen LogP contribution is 2.36. The third-order valence-electron chi connectivity index (χ3n) is 5.33. The molecule has 1 aliphatic rings. The van der Waals surface area contributed by atoms with Gasteiger partial charge in [0, 0.05) is 18.7 Å². The number of fused-ring (bicyclic) bond motifs is 1. The summed E-state index contributed by atoms with van der Waals surface area (Å²) in [6.07, 6.45) is 3.04. The lowest BCUT2D eigenvalue weighted by molar-refractivity contribution is 0.0597. The van der Waals surface area contributed by atoms with Crippen LogP contribution in [0.3, 0.4) is 0 Å². The Balaban J connectivity index is 1.90. The van der Waals surface area contributed by atoms with Crippen LogP contribution in [0.4, 0.5) is 22.0 Å². The number of benzene rings is 1. The molecule has 0 bridgehead atoms. The van der Waals surface area contributed by atoms with Crippen molar-refractivity contribution in [2.75, 3.05) is 23.3 Å². The molecule has 3 aromatic rings. The van der Waals surface area contributed by atoms with E-state index in [9.17, 15) is 10.1 Å². The van der Waals surface area contributed by atoms with Crippen molar-refractivity contribution >= 4 is 40.4 Å². The van der Waals surface area contributed by atoms with Gasteiger partial charge < -0.3 is 15.4 Å². The van der Waals surface area contributed by atoms with Crippen LogP contribution < -0.4 is 15.5 Å². The van der Waals surface area contributed by atoms with E-state index < -0.39 is 11.7 Å². The number of piperidine rings is 1. The zero-order valence-electron chi connectivity index (χ0n) is 18.9. The second-order valence-electron chi connectivity index (χ2n) is 8.99. The molecular weight excluding hydrogens is 440 g/mol. The number of hydrogen-bond donors (Lipinski definition) is 2. The van der Waals surface area contributed by atoms with Crippen LogP contribution in [0, 0.1) is 11.3 Å². The summed E-state index contributed by atoms with van der Waals surface area (Å²) in [4.78, 5) is 14.8. The number of carbonyl (C=O) groups is 1. The van der Waals surface area contributed by atoms with Gasteiger partial charge in [0.2, 0.25) is 0 Å². The van der Waals surface area contributed by atoms with E-state index in [4.69, 9.17) is 16.3 Å². The molecule has 1 aromatic carbocycles. The monoisotopic (exact) mass is 466 g/mol. The van der Waals surface area contributed by atoms with E-state index in [0.717, 1.165) is 25.9 Å². The summed E-state index contributed by atoms with van der Waals surface area (Å²) in [6, 6.07) is 13.0. The second-order valence-corrected chi connectivity index (χ2v) is 9.39. The van der Waals surface area contributed by atoms with Gasteiger partial charge in [-0.2, -0.15) is 10.4 Å². The first-order chi connectivity index (χ1) is 15.8. The lowest BCUT2D eigenvalue weighted by Gasteiger charge is -2.30. The van der Waals surface area contributed by atoms with Crippen LogP contribution in [0.2, 0.25) is 5.02 Å². The van der Waals surface area contributed by atoms with Crippen LogP contribution >= 0.6 is 11.6 Å². The van der Waals surface area contributed by atoms with E-state index in [0.29, 0.717) is 33.3 Å². The minimum atomic E-state index is -0.721. The Bertz CT molecular complexity index is 1200. The van der Waals surface area contributed by atoms with Gasteiger partial charge >= 0.3 is 6.09 Å². The first-order valence-corrected chi connectivity index (χ1v) is 11.3. The van der Waals surface area contributed by atoms with E-state index in [1.165, 1.54) is 4.90 Å². The van der Waals surface area contributed by atoms with Crippen molar-refractivity contribution in [2.24, 2.45) is 0 Å². The molecule has 1 amide bonds. The van der Waals surface area contributed by atoms with Gasteiger partial charge in [-0.05, 0) is 58.4 Å². The summed E-state index contributed by atoms with van der Waals surface area (Å²) in [6.45, 7) is 7.20. The van der Waals surface area contributed by atoms with Gasteiger partial charge in [0.1, 0.15) is 23.1 Å². The molecular formula is C24H27ClN6O2. The highest BCUT2D eigenvalue weighted by molar-refractivity contribution is 6.34. The maximum atomic E-state index is 13.4. The number of nitrogens with zero attached hydrogens (tertiary/aromatic N) is 4. The predicted molar refractivity (Wildman–Crippen MR) is 129 cm³/mol. The summed E-state index contributed by atoms with van der Waals surface area (Å²) in [7, 11) is 0. The number of ether oxygens (including phenoxy) is 1. The molecule has 33 heavy (non-hydrogen) atoms. The Hall–Kier alpha value is -3.28. The zero-order chi connectivity index (χ0) is 23.6. The third-order valence-corrected chi connectivity index (χ3v) is 5.65. The fourth-order valence-electron chi connectivity index (χ4n) is 3.92.